The van der Waals surface area contributed by atoms with Gasteiger partial charge >= 0.3 is 5.97 Å². The topological polar surface area (TPSA) is 71.5 Å². The minimum atomic E-state index is -1.75. The molecular weight excluding hydrogens is 647 g/mol. The number of halogens is 5. The number of pyridine rings is 1. The fourth-order valence-electron chi connectivity index (χ4n) is 5.65. The number of anilines is 1. The van der Waals surface area contributed by atoms with Crippen LogP contribution >= 0.6 is 27.5 Å². The monoisotopic (exact) mass is 681 g/mol. The van der Waals surface area contributed by atoms with E-state index in [0.29, 0.717) is 34.4 Å². The number of carbonyl (C=O) groups is 2. The molecule has 3 aromatic rings. The van der Waals surface area contributed by atoms with Crippen LogP contribution in [0, 0.1) is 24.5 Å². The number of piperidine rings is 1. The van der Waals surface area contributed by atoms with Crippen LogP contribution in [0.1, 0.15) is 79.8 Å². The van der Waals surface area contributed by atoms with Gasteiger partial charge in [-0.15, -0.1) is 0 Å². The van der Waals surface area contributed by atoms with Gasteiger partial charge in [0.05, 0.1) is 16.1 Å². The van der Waals surface area contributed by atoms with Crippen molar-refractivity contribution in [3.05, 3.63) is 68.2 Å². The van der Waals surface area contributed by atoms with Crippen molar-refractivity contribution in [2.75, 3.05) is 24.5 Å². The second-order valence-electron chi connectivity index (χ2n) is 11.2. The second-order valence-corrected chi connectivity index (χ2v) is 12.5. The van der Waals surface area contributed by atoms with Crippen molar-refractivity contribution in [1.82, 2.24) is 10.3 Å². The Bertz CT molecular complexity index is 1490. The molecule has 0 bridgehead atoms. The average Bonchev–Trinajstić information content (AvgIpc) is 2.95. The zero-order valence-corrected chi connectivity index (χ0v) is 26.8. The molecule has 4 rings (SSSR count). The normalized spacial score (nSPS) is 16.7. The molecule has 1 N–H and O–H groups in total. The average molecular weight is 683 g/mol. The highest BCUT2D eigenvalue weighted by atomic mass is 79.9. The van der Waals surface area contributed by atoms with Crippen LogP contribution in [0.25, 0.3) is 10.9 Å². The number of nitrogens with one attached hydrogen (secondary N) is 1. The number of ether oxygens (including phenoxy) is 1. The molecule has 2 aromatic carbocycles. The summed E-state index contributed by atoms with van der Waals surface area (Å²) < 4.78 is 48.9. The highest BCUT2D eigenvalue weighted by Crippen LogP contribution is 2.35. The molecule has 1 aromatic heterocycles. The molecule has 1 aliphatic heterocycles. The SMILES string of the molecule is CCCC(F)OC(=O)CCC(CNC(=O)c1c(C)c(N2CCCC(C)C2)nc2ccc(Br)cc12)c1c(F)ccc(F)c1Cl. The maximum atomic E-state index is 15.0. The summed E-state index contributed by atoms with van der Waals surface area (Å²) in [5.74, 6) is -2.52. The van der Waals surface area contributed by atoms with Gasteiger partial charge in [0.2, 0.25) is 6.36 Å². The van der Waals surface area contributed by atoms with E-state index < -0.39 is 40.8 Å². The summed E-state index contributed by atoms with van der Waals surface area (Å²) in [5, 5.41) is 3.08. The van der Waals surface area contributed by atoms with Crippen molar-refractivity contribution in [3.8, 4) is 0 Å². The number of alkyl halides is 1. The summed E-state index contributed by atoms with van der Waals surface area (Å²) in [6, 6.07) is 7.40. The van der Waals surface area contributed by atoms with Crippen molar-refractivity contribution in [2.24, 2.45) is 5.92 Å². The summed E-state index contributed by atoms with van der Waals surface area (Å²) in [4.78, 5) is 33.3. The molecule has 1 saturated heterocycles. The second kappa shape index (κ2) is 14.8. The summed E-state index contributed by atoms with van der Waals surface area (Å²) in [6.45, 7) is 7.30. The molecule has 1 amide bonds. The van der Waals surface area contributed by atoms with Gasteiger partial charge in [-0.1, -0.05) is 41.4 Å². The lowest BCUT2D eigenvalue weighted by Gasteiger charge is -2.33. The molecule has 3 unspecified atom stereocenters. The predicted molar refractivity (Wildman–Crippen MR) is 166 cm³/mol. The Kier molecular flexibility index (Phi) is 11.3. The van der Waals surface area contributed by atoms with Gasteiger partial charge in [0.25, 0.3) is 5.91 Å². The Labute approximate surface area is 263 Å². The maximum absolute atomic E-state index is 15.0. The van der Waals surface area contributed by atoms with E-state index in [1.807, 2.05) is 25.1 Å². The molecule has 2 heterocycles. The van der Waals surface area contributed by atoms with Gasteiger partial charge in [-0.25, -0.2) is 18.2 Å². The number of esters is 1. The lowest BCUT2D eigenvalue weighted by molar-refractivity contribution is -0.158. The third-order valence-corrected chi connectivity index (χ3v) is 8.69. The van der Waals surface area contributed by atoms with Gasteiger partial charge in [-0.3, -0.25) is 9.59 Å². The van der Waals surface area contributed by atoms with Crippen LogP contribution < -0.4 is 10.2 Å². The number of nitrogens with zero attached hydrogens (tertiary/aromatic N) is 2. The van der Waals surface area contributed by atoms with E-state index in [9.17, 15) is 18.4 Å². The molecule has 43 heavy (non-hydrogen) atoms. The predicted octanol–water partition coefficient (Wildman–Crippen LogP) is 8.41. The smallest absolute Gasteiger partial charge is 0.308 e. The standard InChI is InChI=1S/C32H36BrClF3N3O3/c1-4-6-26(37)43-27(41)13-8-20(29-23(35)10-11-24(36)30(29)34)16-38-32(42)28-19(3)31(40-14-5-7-18(2)17-40)39-25-12-9-21(33)15-22(25)28/h9-12,15,18,20,26H,4-8,13-14,16-17H2,1-3H3,(H,38,42). The van der Waals surface area contributed by atoms with Crippen molar-refractivity contribution >= 4 is 56.1 Å². The summed E-state index contributed by atoms with van der Waals surface area (Å²) >= 11 is 9.67. The fraction of sp³-hybridized carbons (Fsp3) is 0.469. The van der Waals surface area contributed by atoms with Crippen LogP contribution in [0.4, 0.5) is 19.0 Å². The first-order valence-electron chi connectivity index (χ1n) is 14.6. The van der Waals surface area contributed by atoms with E-state index in [0.717, 1.165) is 48.4 Å². The number of hydrogen-bond donors (Lipinski definition) is 1. The fourth-order valence-corrected chi connectivity index (χ4v) is 6.32. The van der Waals surface area contributed by atoms with Crippen molar-refractivity contribution < 1.29 is 27.5 Å². The van der Waals surface area contributed by atoms with Crippen LogP contribution in [-0.4, -0.2) is 42.9 Å². The van der Waals surface area contributed by atoms with Crippen LogP contribution in [-0.2, 0) is 9.53 Å². The maximum Gasteiger partial charge on any atom is 0.308 e. The minimum Gasteiger partial charge on any atom is -0.431 e. The lowest BCUT2D eigenvalue weighted by Crippen LogP contribution is -2.36. The number of carbonyl (C=O) groups excluding carboxylic acids is 2. The molecule has 232 valence electrons. The van der Waals surface area contributed by atoms with E-state index >= 15 is 4.39 Å². The van der Waals surface area contributed by atoms with Crippen molar-refractivity contribution in [2.45, 2.75) is 71.6 Å². The van der Waals surface area contributed by atoms with E-state index in [4.69, 9.17) is 21.3 Å². The molecule has 0 aliphatic carbocycles. The molecule has 0 radical (unpaired) electrons. The van der Waals surface area contributed by atoms with E-state index in [1.165, 1.54) is 0 Å². The molecule has 3 atom stereocenters. The van der Waals surface area contributed by atoms with Crippen molar-refractivity contribution in [1.29, 1.82) is 0 Å². The molecule has 6 nitrogen and oxygen atoms in total. The first-order chi connectivity index (χ1) is 20.5. The van der Waals surface area contributed by atoms with Gasteiger partial charge in [0, 0.05) is 59.4 Å². The van der Waals surface area contributed by atoms with Gasteiger partial charge in [0.15, 0.2) is 0 Å². The molecule has 1 fully saturated rings. The number of rotatable bonds is 11. The zero-order valence-electron chi connectivity index (χ0n) is 24.5. The van der Waals surface area contributed by atoms with Crippen LogP contribution in [0.2, 0.25) is 5.02 Å². The van der Waals surface area contributed by atoms with Gasteiger partial charge in [-0.05, 0) is 68.9 Å². The Morgan fingerprint density at radius 3 is 2.67 bits per heavy atom. The highest BCUT2D eigenvalue weighted by molar-refractivity contribution is 9.10. The first kappa shape index (κ1) is 33.1. The third-order valence-electron chi connectivity index (χ3n) is 7.82. The largest absolute Gasteiger partial charge is 0.431 e. The van der Waals surface area contributed by atoms with E-state index in [1.54, 1.807) is 6.92 Å². The van der Waals surface area contributed by atoms with E-state index in [-0.39, 0.29) is 31.4 Å². The number of aromatic nitrogens is 1. The number of fused-ring (bicyclic) bond motifs is 1. The molecule has 1 aliphatic rings. The quantitative estimate of drug-likeness (QED) is 0.163. The molecule has 11 heteroatoms. The Morgan fingerprint density at radius 1 is 1.21 bits per heavy atom. The van der Waals surface area contributed by atoms with Gasteiger partial charge in [-0.2, -0.15) is 0 Å². The molecule has 0 saturated carbocycles. The number of hydrogen-bond acceptors (Lipinski definition) is 5. The Balaban J connectivity index is 1.65. The van der Waals surface area contributed by atoms with E-state index in [2.05, 4.69) is 33.1 Å². The summed E-state index contributed by atoms with van der Waals surface area (Å²) in [7, 11) is 0. The van der Waals surface area contributed by atoms with Crippen LogP contribution in [0.3, 0.4) is 0 Å². The molecular formula is C32H36BrClF3N3O3. The summed E-state index contributed by atoms with van der Waals surface area (Å²) in [5.41, 5.74) is 1.61. The Hall–Kier alpha value is -2.85. The molecule has 0 spiro atoms. The van der Waals surface area contributed by atoms with Crippen LogP contribution in [0.15, 0.2) is 34.8 Å². The number of benzene rings is 2. The van der Waals surface area contributed by atoms with Gasteiger partial charge in [0.1, 0.15) is 17.5 Å². The first-order valence-corrected chi connectivity index (χ1v) is 15.8. The minimum absolute atomic E-state index is 0.0588. The van der Waals surface area contributed by atoms with Crippen LogP contribution in [0.5, 0.6) is 0 Å². The summed E-state index contributed by atoms with van der Waals surface area (Å²) in [6.07, 6.45) is 0.615. The highest BCUT2D eigenvalue weighted by Gasteiger charge is 2.27. The number of amides is 1. The lowest BCUT2D eigenvalue weighted by atomic mass is 9.92. The van der Waals surface area contributed by atoms with Crippen molar-refractivity contribution in [3.63, 3.8) is 0 Å². The zero-order chi connectivity index (χ0) is 31.3. The Morgan fingerprint density at radius 2 is 1.95 bits per heavy atom. The van der Waals surface area contributed by atoms with Gasteiger partial charge < -0.3 is 15.0 Å². The third kappa shape index (κ3) is 8.01.